The zero-order valence-corrected chi connectivity index (χ0v) is 14.4. The number of thioether (sulfide) groups is 1. The maximum atomic E-state index is 12.8. The molecule has 11 heteroatoms. The molecule has 0 fully saturated rings. The Morgan fingerprint density at radius 3 is 2.30 bits per heavy atom. The largest absolute Gasteiger partial charge is 0.366 e. The lowest BCUT2D eigenvalue weighted by atomic mass is 10.2. The lowest BCUT2D eigenvalue weighted by molar-refractivity contribution is -0.387. The third-order valence-corrected chi connectivity index (χ3v) is 4.28. The summed E-state index contributed by atoms with van der Waals surface area (Å²) < 4.78 is 12.8. The molecule has 0 bridgehead atoms. The summed E-state index contributed by atoms with van der Waals surface area (Å²) in [5, 5.41) is 11.1. The Balaban J connectivity index is 1.93. The lowest BCUT2D eigenvalue weighted by Crippen LogP contribution is -2.42. The van der Waals surface area contributed by atoms with Crippen molar-refractivity contribution in [2.24, 2.45) is 5.73 Å². The van der Waals surface area contributed by atoms with Crippen LogP contribution in [0.5, 0.6) is 0 Å². The van der Waals surface area contributed by atoms with Gasteiger partial charge in [0.15, 0.2) is 0 Å². The van der Waals surface area contributed by atoms with Crippen LogP contribution < -0.4 is 16.6 Å². The maximum Gasteiger partial charge on any atom is 0.283 e. The van der Waals surface area contributed by atoms with E-state index in [0.29, 0.717) is 0 Å². The van der Waals surface area contributed by atoms with E-state index in [1.165, 1.54) is 24.3 Å². The van der Waals surface area contributed by atoms with Crippen LogP contribution >= 0.6 is 11.8 Å². The molecular weight excluding hydrogens is 379 g/mol. The Labute approximate surface area is 156 Å². The number of nitro benzene ring substituents is 1. The molecule has 0 aliphatic heterocycles. The number of nitro groups is 1. The average Bonchev–Trinajstić information content (AvgIpc) is 2.64. The highest BCUT2D eigenvalue weighted by Crippen LogP contribution is 2.29. The first-order valence-corrected chi connectivity index (χ1v) is 8.32. The van der Waals surface area contributed by atoms with E-state index in [9.17, 15) is 28.9 Å². The SMILES string of the molecule is NC(=O)c1ccc(SCC(=O)NNC(=O)c2ccc(F)cc2)c([N+](=O)[O-])c1. The number of nitrogens with zero attached hydrogens (tertiary/aromatic N) is 1. The number of nitrogens with two attached hydrogens (primary N) is 1. The molecule has 0 atom stereocenters. The number of primary amides is 1. The summed E-state index contributed by atoms with van der Waals surface area (Å²) in [6.07, 6.45) is 0. The molecule has 3 amide bonds. The van der Waals surface area contributed by atoms with Gasteiger partial charge >= 0.3 is 0 Å². The highest BCUT2D eigenvalue weighted by molar-refractivity contribution is 8.00. The van der Waals surface area contributed by atoms with Gasteiger partial charge in [0.2, 0.25) is 11.8 Å². The van der Waals surface area contributed by atoms with E-state index in [1.807, 2.05) is 0 Å². The molecule has 0 spiro atoms. The second-order valence-corrected chi connectivity index (χ2v) is 6.12. The van der Waals surface area contributed by atoms with E-state index in [1.54, 1.807) is 0 Å². The minimum absolute atomic E-state index is 0.0259. The number of nitrogens with one attached hydrogen (secondary N) is 2. The zero-order valence-electron chi connectivity index (χ0n) is 13.6. The van der Waals surface area contributed by atoms with Crippen LogP contribution in [0.15, 0.2) is 47.4 Å². The third kappa shape index (κ3) is 5.51. The number of carbonyl (C=O) groups excluding carboxylic acids is 3. The number of halogens is 1. The molecule has 0 radical (unpaired) electrons. The predicted molar refractivity (Wildman–Crippen MR) is 94.3 cm³/mol. The van der Waals surface area contributed by atoms with Gasteiger partial charge in [-0.05, 0) is 36.4 Å². The van der Waals surface area contributed by atoms with Crippen LogP contribution in [0.1, 0.15) is 20.7 Å². The zero-order chi connectivity index (χ0) is 20.0. The lowest BCUT2D eigenvalue weighted by Gasteiger charge is -2.08. The number of hydrogen-bond acceptors (Lipinski definition) is 6. The molecule has 2 rings (SSSR count). The number of hydrazine groups is 1. The highest BCUT2D eigenvalue weighted by Gasteiger charge is 2.18. The summed E-state index contributed by atoms with van der Waals surface area (Å²) in [6, 6.07) is 8.34. The molecule has 140 valence electrons. The average molecular weight is 392 g/mol. The molecule has 0 aliphatic rings. The molecule has 0 aromatic heterocycles. The van der Waals surface area contributed by atoms with Gasteiger partial charge in [0.05, 0.1) is 15.6 Å². The molecule has 0 heterocycles. The smallest absolute Gasteiger partial charge is 0.283 e. The summed E-state index contributed by atoms with van der Waals surface area (Å²) >= 11 is 0.847. The van der Waals surface area contributed by atoms with Gasteiger partial charge in [-0.2, -0.15) is 0 Å². The Morgan fingerprint density at radius 2 is 1.70 bits per heavy atom. The predicted octanol–water partition coefficient (Wildman–Crippen LogP) is 1.39. The van der Waals surface area contributed by atoms with Crippen molar-refractivity contribution < 1.29 is 23.7 Å². The minimum Gasteiger partial charge on any atom is -0.366 e. The summed E-state index contributed by atoms with van der Waals surface area (Å²) in [5.41, 5.74) is 9.13. The van der Waals surface area contributed by atoms with Gasteiger partial charge in [0, 0.05) is 17.2 Å². The summed E-state index contributed by atoms with van der Waals surface area (Å²) in [7, 11) is 0. The van der Waals surface area contributed by atoms with Crippen molar-refractivity contribution in [2.45, 2.75) is 4.90 Å². The molecule has 9 nitrogen and oxygen atoms in total. The first-order valence-electron chi connectivity index (χ1n) is 7.33. The highest BCUT2D eigenvalue weighted by atomic mass is 32.2. The summed E-state index contributed by atoms with van der Waals surface area (Å²) in [5.74, 6) is -2.82. The van der Waals surface area contributed by atoms with Gasteiger partial charge in [-0.15, -0.1) is 11.8 Å². The van der Waals surface area contributed by atoms with Crippen molar-refractivity contribution in [1.82, 2.24) is 10.9 Å². The van der Waals surface area contributed by atoms with E-state index in [4.69, 9.17) is 5.73 Å². The van der Waals surface area contributed by atoms with E-state index < -0.39 is 28.5 Å². The van der Waals surface area contributed by atoms with Crippen molar-refractivity contribution in [3.05, 3.63) is 69.5 Å². The summed E-state index contributed by atoms with van der Waals surface area (Å²) in [6.45, 7) is 0. The van der Waals surface area contributed by atoms with Crippen molar-refractivity contribution in [1.29, 1.82) is 0 Å². The second-order valence-electron chi connectivity index (χ2n) is 5.10. The van der Waals surface area contributed by atoms with Gasteiger partial charge in [-0.3, -0.25) is 35.3 Å². The molecular formula is C16H13FN4O5S. The van der Waals surface area contributed by atoms with Crippen LogP contribution in [0.3, 0.4) is 0 Å². The van der Waals surface area contributed by atoms with Gasteiger partial charge in [0.1, 0.15) is 5.82 Å². The Bertz CT molecular complexity index is 904. The monoisotopic (exact) mass is 392 g/mol. The number of hydrogen-bond donors (Lipinski definition) is 3. The summed E-state index contributed by atoms with van der Waals surface area (Å²) in [4.78, 5) is 45.3. The number of rotatable bonds is 6. The third-order valence-electron chi connectivity index (χ3n) is 3.22. The van der Waals surface area contributed by atoms with Crippen molar-refractivity contribution in [3.8, 4) is 0 Å². The van der Waals surface area contributed by atoms with E-state index >= 15 is 0 Å². The fourth-order valence-electron chi connectivity index (χ4n) is 1.91. The maximum absolute atomic E-state index is 12.8. The van der Waals surface area contributed by atoms with Crippen molar-refractivity contribution in [3.63, 3.8) is 0 Å². The molecule has 27 heavy (non-hydrogen) atoms. The van der Waals surface area contributed by atoms with Gasteiger partial charge in [-0.25, -0.2) is 4.39 Å². The van der Waals surface area contributed by atoms with Crippen LogP contribution in [0.4, 0.5) is 10.1 Å². The van der Waals surface area contributed by atoms with Crippen molar-refractivity contribution >= 4 is 35.2 Å². The number of carbonyl (C=O) groups is 3. The standard InChI is InChI=1S/C16H13FN4O5S/c17-11-4-1-9(2-5-11)16(24)20-19-14(22)8-27-13-6-3-10(15(18)23)7-12(13)21(25)26/h1-7H,8H2,(H2,18,23)(H,19,22)(H,20,24). The fraction of sp³-hybridized carbons (Fsp3) is 0.0625. The topological polar surface area (TPSA) is 144 Å². The molecule has 4 N–H and O–H groups in total. The first-order chi connectivity index (χ1) is 12.8. The molecule has 2 aromatic rings. The van der Waals surface area contributed by atoms with Crippen LogP contribution in [0, 0.1) is 15.9 Å². The number of benzene rings is 2. The van der Waals surface area contributed by atoms with Crippen LogP contribution in [-0.2, 0) is 4.79 Å². The molecule has 0 unspecified atom stereocenters. The Hall–Kier alpha value is -3.47. The first kappa shape index (κ1) is 19.8. The second kappa shape index (κ2) is 8.76. The quantitative estimate of drug-likeness (QED) is 0.385. The Morgan fingerprint density at radius 1 is 1.07 bits per heavy atom. The molecule has 0 saturated carbocycles. The molecule has 0 saturated heterocycles. The molecule has 2 aromatic carbocycles. The van der Waals surface area contributed by atoms with Crippen molar-refractivity contribution in [2.75, 3.05) is 5.75 Å². The minimum atomic E-state index is -0.809. The van der Waals surface area contributed by atoms with E-state index in [-0.39, 0.29) is 27.5 Å². The van der Waals surface area contributed by atoms with E-state index in [2.05, 4.69) is 10.9 Å². The van der Waals surface area contributed by atoms with E-state index in [0.717, 1.165) is 30.0 Å². The van der Waals surface area contributed by atoms with Gasteiger partial charge < -0.3 is 5.73 Å². The normalized spacial score (nSPS) is 10.1. The molecule has 0 aliphatic carbocycles. The van der Waals surface area contributed by atoms with Crippen LogP contribution in [0.2, 0.25) is 0 Å². The number of amides is 3. The Kier molecular flexibility index (Phi) is 6.44. The fourth-order valence-corrected chi connectivity index (χ4v) is 2.72. The van der Waals surface area contributed by atoms with Crippen LogP contribution in [0.25, 0.3) is 0 Å². The van der Waals surface area contributed by atoms with Gasteiger partial charge in [-0.1, -0.05) is 0 Å². The van der Waals surface area contributed by atoms with Crippen LogP contribution in [-0.4, -0.2) is 28.4 Å². The van der Waals surface area contributed by atoms with Gasteiger partial charge in [0.25, 0.3) is 11.6 Å².